The molecule has 0 radical (unpaired) electrons. The lowest BCUT2D eigenvalue weighted by molar-refractivity contribution is 0.788. The molecule has 1 atom stereocenters. The minimum absolute atomic E-state index is 0.472. The van der Waals surface area contributed by atoms with Crippen molar-refractivity contribution in [3.8, 4) is 6.07 Å². The Kier molecular flexibility index (Phi) is 2.42. The van der Waals surface area contributed by atoms with Crippen LogP contribution in [0, 0.1) is 11.3 Å². The van der Waals surface area contributed by atoms with E-state index in [0.717, 1.165) is 18.4 Å². The van der Waals surface area contributed by atoms with Crippen molar-refractivity contribution in [2.24, 2.45) is 0 Å². The van der Waals surface area contributed by atoms with Crippen molar-refractivity contribution < 1.29 is 0 Å². The first-order valence-electron chi connectivity index (χ1n) is 5.96. The van der Waals surface area contributed by atoms with E-state index in [9.17, 15) is 0 Å². The Labute approximate surface area is 101 Å². The fourth-order valence-corrected chi connectivity index (χ4v) is 2.70. The van der Waals surface area contributed by atoms with E-state index < -0.39 is 0 Å². The molecule has 0 aliphatic heterocycles. The summed E-state index contributed by atoms with van der Waals surface area (Å²) in [5.74, 6) is 0.472. The zero-order valence-corrected chi connectivity index (χ0v) is 9.56. The van der Waals surface area contributed by atoms with Crippen LogP contribution in [0.15, 0.2) is 48.5 Å². The standard InChI is InChI=1S/C16H13N/c17-11-12-6-7-14-8-9-15(16(14)10-12)13-4-2-1-3-5-13/h1-7,10,15H,8-9H2/t15-/m0/s1. The van der Waals surface area contributed by atoms with Gasteiger partial charge in [0.1, 0.15) is 0 Å². The summed E-state index contributed by atoms with van der Waals surface area (Å²) in [5.41, 5.74) is 4.88. The van der Waals surface area contributed by atoms with Gasteiger partial charge < -0.3 is 0 Å². The Morgan fingerprint density at radius 1 is 1.06 bits per heavy atom. The van der Waals surface area contributed by atoms with Crippen molar-refractivity contribution >= 4 is 0 Å². The van der Waals surface area contributed by atoms with Crippen molar-refractivity contribution in [3.63, 3.8) is 0 Å². The normalized spacial score (nSPS) is 17.5. The molecule has 1 nitrogen and oxygen atoms in total. The predicted octanol–water partition coefficient (Wildman–Crippen LogP) is 3.64. The monoisotopic (exact) mass is 219 g/mol. The lowest BCUT2D eigenvalue weighted by Crippen LogP contribution is -1.96. The topological polar surface area (TPSA) is 23.8 Å². The number of nitriles is 1. The first kappa shape index (κ1) is 10.1. The highest BCUT2D eigenvalue weighted by Crippen LogP contribution is 2.38. The van der Waals surface area contributed by atoms with Gasteiger partial charge in [0.2, 0.25) is 0 Å². The molecule has 0 bridgehead atoms. The van der Waals surface area contributed by atoms with Gasteiger partial charge in [-0.3, -0.25) is 0 Å². The van der Waals surface area contributed by atoms with Crippen LogP contribution < -0.4 is 0 Å². The maximum Gasteiger partial charge on any atom is 0.0991 e. The van der Waals surface area contributed by atoms with Crippen LogP contribution in [-0.2, 0) is 6.42 Å². The van der Waals surface area contributed by atoms with Crippen LogP contribution >= 0.6 is 0 Å². The van der Waals surface area contributed by atoms with Crippen LogP contribution in [0.1, 0.15) is 34.6 Å². The molecule has 2 aromatic carbocycles. The smallest absolute Gasteiger partial charge is 0.0991 e. The molecule has 0 saturated heterocycles. The number of rotatable bonds is 1. The van der Waals surface area contributed by atoms with Gasteiger partial charge in [0, 0.05) is 5.92 Å². The van der Waals surface area contributed by atoms with E-state index in [4.69, 9.17) is 5.26 Å². The molecule has 0 spiro atoms. The lowest BCUT2D eigenvalue weighted by atomic mass is 9.92. The quantitative estimate of drug-likeness (QED) is 0.718. The largest absolute Gasteiger partial charge is 0.192 e. The summed E-state index contributed by atoms with van der Waals surface area (Å²) in [7, 11) is 0. The summed E-state index contributed by atoms with van der Waals surface area (Å²) < 4.78 is 0. The van der Waals surface area contributed by atoms with E-state index in [2.05, 4.69) is 42.5 Å². The van der Waals surface area contributed by atoms with E-state index in [1.807, 2.05) is 12.1 Å². The van der Waals surface area contributed by atoms with Crippen LogP contribution in [0.5, 0.6) is 0 Å². The second kappa shape index (κ2) is 4.07. The second-order valence-corrected chi connectivity index (χ2v) is 4.53. The van der Waals surface area contributed by atoms with E-state index in [0.29, 0.717) is 5.92 Å². The number of fused-ring (bicyclic) bond motifs is 1. The molecule has 0 amide bonds. The van der Waals surface area contributed by atoms with Gasteiger partial charge in [-0.05, 0) is 41.7 Å². The van der Waals surface area contributed by atoms with Crippen LogP contribution in [0.25, 0.3) is 0 Å². The van der Waals surface area contributed by atoms with Crippen molar-refractivity contribution in [3.05, 3.63) is 70.8 Å². The molecular weight excluding hydrogens is 206 g/mol. The van der Waals surface area contributed by atoms with Gasteiger partial charge in [-0.15, -0.1) is 0 Å². The van der Waals surface area contributed by atoms with Gasteiger partial charge in [-0.25, -0.2) is 0 Å². The Bertz CT molecular complexity index is 578. The Hall–Kier alpha value is -2.07. The molecule has 17 heavy (non-hydrogen) atoms. The molecule has 2 aromatic rings. The molecule has 0 N–H and O–H groups in total. The Morgan fingerprint density at radius 2 is 1.88 bits per heavy atom. The summed E-state index contributed by atoms with van der Waals surface area (Å²) >= 11 is 0. The first-order valence-corrected chi connectivity index (χ1v) is 5.96. The summed E-state index contributed by atoms with van der Waals surface area (Å²) in [6.45, 7) is 0. The molecular formula is C16H13N. The molecule has 82 valence electrons. The third kappa shape index (κ3) is 1.72. The molecule has 0 heterocycles. The molecule has 3 rings (SSSR count). The van der Waals surface area contributed by atoms with E-state index in [-0.39, 0.29) is 0 Å². The molecule has 1 aliphatic rings. The van der Waals surface area contributed by atoms with Gasteiger partial charge in [-0.1, -0.05) is 36.4 Å². The molecule has 1 aliphatic carbocycles. The van der Waals surface area contributed by atoms with Crippen molar-refractivity contribution in [2.45, 2.75) is 18.8 Å². The van der Waals surface area contributed by atoms with E-state index >= 15 is 0 Å². The molecule has 0 saturated carbocycles. The number of hydrogen-bond acceptors (Lipinski definition) is 1. The first-order chi connectivity index (χ1) is 8.38. The Balaban J connectivity index is 2.07. The highest BCUT2D eigenvalue weighted by molar-refractivity contribution is 5.46. The van der Waals surface area contributed by atoms with Crippen molar-refractivity contribution in [1.29, 1.82) is 5.26 Å². The van der Waals surface area contributed by atoms with Gasteiger partial charge in [0.15, 0.2) is 0 Å². The number of aryl methyl sites for hydroxylation is 1. The van der Waals surface area contributed by atoms with Gasteiger partial charge in [0.25, 0.3) is 0 Å². The summed E-state index contributed by atoms with van der Waals surface area (Å²) in [4.78, 5) is 0. The van der Waals surface area contributed by atoms with Crippen LogP contribution in [0.3, 0.4) is 0 Å². The average molecular weight is 219 g/mol. The fourth-order valence-electron chi connectivity index (χ4n) is 2.70. The van der Waals surface area contributed by atoms with Gasteiger partial charge in [0.05, 0.1) is 11.6 Å². The third-order valence-electron chi connectivity index (χ3n) is 3.55. The molecule has 1 heteroatoms. The number of benzene rings is 2. The van der Waals surface area contributed by atoms with Crippen LogP contribution in [0.4, 0.5) is 0 Å². The van der Waals surface area contributed by atoms with Crippen LogP contribution in [-0.4, -0.2) is 0 Å². The second-order valence-electron chi connectivity index (χ2n) is 4.53. The summed E-state index contributed by atoms with van der Waals surface area (Å²) in [6.07, 6.45) is 2.29. The minimum atomic E-state index is 0.472. The summed E-state index contributed by atoms with van der Waals surface area (Å²) in [5, 5.41) is 8.98. The SMILES string of the molecule is N#Cc1ccc2c(c1)[C@H](c1ccccc1)CC2. The Morgan fingerprint density at radius 3 is 2.65 bits per heavy atom. The zero-order valence-electron chi connectivity index (χ0n) is 9.56. The average Bonchev–Trinajstić information content (AvgIpc) is 2.82. The van der Waals surface area contributed by atoms with Gasteiger partial charge in [-0.2, -0.15) is 5.26 Å². The maximum atomic E-state index is 8.98. The van der Waals surface area contributed by atoms with Crippen molar-refractivity contribution in [2.75, 3.05) is 0 Å². The number of hydrogen-bond donors (Lipinski definition) is 0. The predicted molar refractivity (Wildman–Crippen MR) is 67.8 cm³/mol. The van der Waals surface area contributed by atoms with Gasteiger partial charge >= 0.3 is 0 Å². The highest BCUT2D eigenvalue weighted by Gasteiger charge is 2.23. The molecule has 0 unspecified atom stereocenters. The fraction of sp³-hybridized carbons (Fsp3) is 0.188. The third-order valence-corrected chi connectivity index (χ3v) is 3.55. The molecule has 0 fully saturated rings. The molecule has 0 aromatic heterocycles. The van der Waals surface area contributed by atoms with Crippen LogP contribution in [0.2, 0.25) is 0 Å². The van der Waals surface area contributed by atoms with Crippen molar-refractivity contribution in [1.82, 2.24) is 0 Å². The summed E-state index contributed by atoms with van der Waals surface area (Å²) in [6, 6.07) is 18.9. The maximum absolute atomic E-state index is 8.98. The highest BCUT2D eigenvalue weighted by atomic mass is 14.3. The zero-order chi connectivity index (χ0) is 11.7. The minimum Gasteiger partial charge on any atom is -0.192 e. The van der Waals surface area contributed by atoms with E-state index in [1.165, 1.54) is 16.7 Å². The van der Waals surface area contributed by atoms with E-state index in [1.54, 1.807) is 0 Å². The number of nitrogens with zero attached hydrogens (tertiary/aromatic N) is 1. The lowest BCUT2D eigenvalue weighted by Gasteiger charge is -2.12.